The molecule has 1 unspecified atom stereocenters. The number of thioether (sulfide) groups is 1. The molecular formula is C14H19NO2S. The average Bonchev–Trinajstić information content (AvgIpc) is 2.26. The van der Waals surface area contributed by atoms with E-state index in [2.05, 4.69) is 37.8 Å². The van der Waals surface area contributed by atoms with Gasteiger partial charge in [0.25, 0.3) is 0 Å². The second-order valence-corrected chi connectivity index (χ2v) is 5.96. The molecule has 0 aliphatic carbocycles. The van der Waals surface area contributed by atoms with Crippen LogP contribution in [-0.2, 0) is 4.79 Å². The maximum atomic E-state index is 10.8. The Morgan fingerprint density at radius 1 is 1.50 bits per heavy atom. The van der Waals surface area contributed by atoms with E-state index in [4.69, 9.17) is 5.11 Å². The van der Waals surface area contributed by atoms with Crippen LogP contribution in [0.4, 0.5) is 5.69 Å². The Hall–Kier alpha value is -1.16. The molecule has 1 aromatic carbocycles. The predicted molar refractivity (Wildman–Crippen MR) is 75.7 cm³/mol. The van der Waals surface area contributed by atoms with Crippen LogP contribution in [0.3, 0.4) is 0 Å². The summed E-state index contributed by atoms with van der Waals surface area (Å²) in [7, 11) is 0. The average molecular weight is 265 g/mol. The summed E-state index contributed by atoms with van der Waals surface area (Å²) in [4.78, 5) is 14.3. The van der Waals surface area contributed by atoms with Crippen LogP contribution in [0.5, 0.6) is 0 Å². The second-order valence-electron chi connectivity index (χ2n) is 4.93. The van der Waals surface area contributed by atoms with E-state index in [0.29, 0.717) is 12.6 Å². The predicted octanol–water partition coefficient (Wildman–Crippen LogP) is 3.08. The van der Waals surface area contributed by atoms with Gasteiger partial charge in [-0.1, -0.05) is 6.07 Å². The maximum Gasteiger partial charge on any atom is 0.305 e. The van der Waals surface area contributed by atoms with Crippen molar-refractivity contribution >= 4 is 23.4 Å². The minimum atomic E-state index is -0.730. The molecule has 0 radical (unpaired) electrons. The topological polar surface area (TPSA) is 40.5 Å². The van der Waals surface area contributed by atoms with Crippen molar-refractivity contribution in [2.75, 3.05) is 17.2 Å². The van der Waals surface area contributed by atoms with Gasteiger partial charge in [0, 0.05) is 23.2 Å². The van der Waals surface area contributed by atoms with Crippen molar-refractivity contribution in [2.45, 2.75) is 38.1 Å². The van der Waals surface area contributed by atoms with E-state index in [-0.39, 0.29) is 6.42 Å². The zero-order valence-electron chi connectivity index (χ0n) is 11.1. The molecule has 1 heterocycles. The van der Waals surface area contributed by atoms with Gasteiger partial charge < -0.3 is 10.0 Å². The van der Waals surface area contributed by atoms with Crippen molar-refractivity contribution in [3.8, 4) is 0 Å². The highest BCUT2D eigenvalue weighted by atomic mass is 32.2. The van der Waals surface area contributed by atoms with Gasteiger partial charge >= 0.3 is 5.97 Å². The van der Waals surface area contributed by atoms with E-state index in [1.54, 1.807) is 0 Å². The smallest absolute Gasteiger partial charge is 0.305 e. The van der Waals surface area contributed by atoms with Gasteiger partial charge in [-0.3, -0.25) is 4.79 Å². The number of fused-ring (bicyclic) bond motifs is 1. The molecule has 0 fully saturated rings. The highest BCUT2D eigenvalue weighted by Gasteiger charge is 2.25. The monoisotopic (exact) mass is 265 g/mol. The fourth-order valence-corrected chi connectivity index (χ4v) is 3.62. The van der Waals surface area contributed by atoms with Gasteiger partial charge in [-0.25, -0.2) is 0 Å². The van der Waals surface area contributed by atoms with Crippen LogP contribution in [0.15, 0.2) is 17.0 Å². The van der Waals surface area contributed by atoms with E-state index < -0.39 is 5.97 Å². The molecule has 1 aliphatic rings. The lowest BCUT2D eigenvalue weighted by Gasteiger charge is -2.37. The molecule has 3 nitrogen and oxygen atoms in total. The quantitative estimate of drug-likeness (QED) is 0.912. The van der Waals surface area contributed by atoms with Crippen LogP contribution >= 0.6 is 11.8 Å². The van der Waals surface area contributed by atoms with Crippen LogP contribution in [0.1, 0.15) is 24.5 Å². The first-order valence-corrected chi connectivity index (χ1v) is 7.20. The van der Waals surface area contributed by atoms with Crippen molar-refractivity contribution in [1.29, 1.82) is 0 Å². The summed E-state index contributed by atoms with van der Waals surface area (Å²) in [6.45, 7) is 6.97. The van der Waals surface area contributed by atoms with Crippen LogP contribution in [-0.4, -0.2) is 29.4 Å². The molecule has 98 valence electrons. The molecule has 0 bridgehead atoms. The number of aliphatic carboxylic acids is 1. The molecule has 1 N–H and O–H groups in total. The highest BCUT2D eigenvalue weighted by Crippen LogP contribution is 2.40. The minimum absolute atomic E-state index is 0.196. The summed E-state index contributed by atoms with van der Waals surface area (Å²) in [5.74, 6) is 0.294. The number of carbonyl (C=O) groups is 1. The van der Waals surface area contributed by atoms with E-state index in [9.17, 15) is 4.79 Å². The normalized spacial score (nSPS) is 18.6. The van der Waals surface area contributed by atoms with Gasteiger partial charge in [-0.15, -0.1) is 11.8 Å². The number of rotatable bonds is 3. The molecule has 0 amide bonds. The Balaban J connectivity index is 2.34. The van der Waals surface area contributed by atoms with Crippen LogP contribution in [0, 0.1) is 13.8 Å². The first-order valence-electron chi connectivity index (χ1n) is 6.21. The zero-order valence-corrected chi connectivity index (χ0v) is 11.9. The Labute approximate surface area is 112 Å². The largest absolute Gasteiger partial charge is 0.481 e. The molecule has 18 heavy (non-hydrogen) atoms. The summed E-state index contributed by atoms with van der Waals surface area (Å²) < 4.78 is 0. The number of nitrogens with zero attached hydrogens (tertiary/aromatic N) is 1. The molecule has 1 atom stereocenters. The second kappa shape index (κ2) is 5.22. The van der Waals surface area contributed by atoms with Crippen LogP contribution in [0.2, 0.25) is 0 Å². The SMILES string of the molecule is Cc1cc(C)c2c(c1)N(CCC(=O)O)C(C)CS2. The van der Waals surface area contributed by atoms with Gasteiger partial charge in [0.05, 0.1) is 12.1 Å². The Morgan fingerprint density at radius 3 is 2.89 bits per heavy atom. The maximum absolute atomic E-state index is 10.8. The van der Waals surface area contributed by atoms with Gasteiger partial charge in [0.2, 0.25) is 0 Å². The zero-order chi connectivity index (χ0) is 13.3. The van der Waals surface area contributed by atoms with E-state index >= 15 is 0 Å². The van der Waals surface area contributed by atoms with Crippen LogP contribution < -0.4 is 4.90 Å². The summed E-state index contributed by atoms with van der Waals surface area (Å²) >= 11 is 1.88. The molecular weight excluding hydrogens is 246 g/mol. The molecule has 0 saturated carbocycles. The first-order chi connectivity index (χ1) is 8.49. The third-order valence-corrected chi connectivity index (χ3v) is 4.75. The fraction of sp³-hybridized carbons (Fsp3) is 0.500. The number of carboxylic acid groups (broad SMARTS) is 1. The lowest BCUT2D eigenvalue weighted by Crippen LogP contribution is -2.39. The van der Waals surface area contributed by atoms with Crippen molar-refractivity contribution in [3.63, 3.8) is 0 Å². The Morgan fingerprint density at radius 2 is 2.22 bits per heavy atom. The number of benzene rings is 1. The molecule has 1 aromatic rings. The number of aryl methyl sites for hydroxylation is 2. The summed E-state index contributed by atoms with van der Waals surface area (Å²) in [5.41, 5.74) is 3.74. The number of anilines is 1. The highest BCUT2D eigenvalue weighted by molar-refractivity contribution is 7.99. The molecule has 2 rings (SSSR count). The van der Waals surface area contributed by atoms with E-state index in [1.807, 2.05) is 11.8 Å². The number of hydrogen-bond acceptors (Lipinski definition) is 3. The lowest BCUT2D eigenvalue weighted by atomic mass is 10.1. The third kappa shape index (κ3) is 2.64. The van der Waals surface area contributed by atoms with Gasteiger partial charge in [0.1, 0.15) is 0 Å². The van der Waals surface area contributed by atoms with Gasteiger partial charge in [-0.05, 0) is 38.0 Å². The minimum Gasteiger partial charge on any atom is -0.481 e. The van der Waals surface area contributed by atoms with Gasteiger partial charge in [0.15, 0.2) is 0 Å². The van der Waals surface area contributed by atoms with Crippen molar-refractivity contribution in [3.05, 3.63) is 23.3 Å². The lowest BCUT2D eigenvalue weighted by molar-refractivity contribution is -0.136. The van der Waals surface area contributed by atoms with Crippen molar-refractivity contribution in [2.24, 2.45) is 0 Å². The fourth-order valence-electron chi connectivity index (χ4n) is 2.42. The first kappa shape index (κ1) is 13.3. The summed E-state index contributed by atoms with van der Waals surface area (Å²) in [6.07, 6.45) is 0.196. The summed E-state index contributed by atoms with van der Waals surface area (Å²) in [5, 5.41) is 8.86. The van der Waals surface area contributed by atoms with Crippen molar-refractivity contribution in [1.82, 2.24) is 0 Å². The Kier molecular flexibility index (Phi) is 3.85. The Bertz CT molecular complexity index is 473. The van der Waals surface area contributed by atoms with E-state index in [0.717, 1.165) is 5.75 Å². The molecule has 0 aromatic heterocycles. The third-order valence-electron chi connectivity index (χ3n) is 3.28. The number of hydrogen-bond donors (Lipinski definition) is 1. The van der Waals surface area contributed by atoms with Crippen molar-refractivity contribution < 1.29 is 9.90 Å². The molecule has 4 heteroatoms. The molecule has 1 aliphatic heterocycles. The standard InChI is InChI=1S/C14H19NO2S/c1-9-6-10(2)14-12(7-9)15(5-4-13(16)17)11(3)8-18-14/h6-7,11H,4-5,8H2,1-3H3,(H,16,17). The van der Waals surface area contributed by atoms with E-state index in [1.165, 1.54) is 21.7 Å². The molecule has 0 saturated heterocycles. The van der Waals surface area contributed by atoms with Gasteiger partial charge in [-0.2, -0.15) is 0 Å². The summed E-state index contributed by atoms with van der Waals surface area (Å²) in [6, 6.07) is 4.76. The molecule has 0 spiro atoms. The van der Waals surface area contributed by atoms with Crippen LogP contribution in [0.25, 0.3) is 0 Å². The number of carboxylic acids is 1.